The van der Waals surface area contributed by atoms with Gasteiger partial charge in [-0.15, -0.1) is 11.3 Å². The number of anilines is 1. The summed E-state index contributed by atoms with van der Waals surface area (Å²) in [6, 6.07) is 22.8. The van der Waals surface area contributed by atoms with Gasteiger partial charge in [-0.05, 0) is 66.7 Å². The van der Waals surface area contributed by atoms with Gasteiger partial charge in [0.05, 0.1) is 22.5 Å². The van der Waals surface area contributed by atoms with Crippen LogP contribution in [-0.2, 0) is 0 Å². The van der Waals surface area contributed by atoms with Gasteiger partial charge in [-0.3, -0.25) is 10.1 Å². The van der Waals surface area contributed by atoms with Gasteiger partial charge in [-0.2, -0.15) is 0 Å². The van der Waals surface area contributed by atoms with Gasteiger partial charge in [0, 0.05) is 11.1 Å². The Kier molecular flexibility index (Phi) is 6.78. The quantitative estimate of drug-likeness (QED) is 0.339. The molecule has 0 aliphatic carbocycles. The maximum atomic E-state index is 12.6. The van der Waals surface area contributed by atoms with E-state index in [1.807, 2.05) is 42.5 Å². The maximum Gasteiger partial charge on any atom is 0.257 e. The summed E-state index contributed by atoms with van der Waals surface area (Å²) in [6.07, 6.45) is 0. The minimum absolute atomic E-state index is 0.226. The van der Waals surface area contributed by atoms with Crippen LogP contribution >= 0.6 is 23.6 Å². The van der Waals surface area contributed by atoms with Crippen molar-refractivity contribution in [2.75, 3.05) is 11.9 Å². The van der Waals surface area contributed by atoms with Crippen LogP contribution in [0.3, 0.4) is 0 Å². The molecule has 0 radical (unpaired) electrons. The lowest BCUT2D eigenvalue weighted by atomic mass is 10.2. The second-order valence-corrected chi connectivity index (χ2v) is 9.11. The molecular formula is C25H23N3O2S2. The first-order chi connectivity index (χ1) is 15.5. The van der Waals surface area contributed by atoms with E-state index in [4.69, 9.17) is 21.9 Å². The van der Waals surface area contributed by atoms with Gasteiger partial charge in [0.15, 0.2) is 5.11 Å². The molecule has 4 aromatic rings. The Bertz CT molecular complexity index is 1220. The summed E-state index contributed by atoms with van der Waals surface area (Å²) in [5, 5.41) is 7.00. The molecule has 5 nitrogen and oxygen atoms in total. The molecule has 2 N–H and O–H groups in total. The molecule has 0 saturated heterocycles. The number of amides is 1. The third kappa shape index (κ3) is 5.30. The summed E-state index contributed by atoms with van der Waals surface area (Å²) in [5.41, 5.74) is 3.18. The van der Waals surface area contributed by atoms with Crippen molar-refractivity contribution in [1.82, 2.24) is 10.3 Å². The molecule has 0 saturated carbocycles. The number of nitrogens with one attached hydrogen (secondary N) is 2. The molecule has 0 fully saturated rings. The summed E-state index contributed by atoms with van der Waals surface area (Å²) in [6.45, 7) is 4.81. The van der Waals surface area contributed by atoms with E-state index in [0.29, 0.717) is 18.1 Å². The van der Waals surface area contributed by atoms with E-state index in [9.17, 15) is 4.79 Å². The van der Waals surface area contributed by atoms with Crippen LogP contribution in [0, 0.1) is 5.92 Å². The van der Waals surface area contributed by atoms with E-state index in [2.05, 4.69) is 30.5 Å². The van der Waals surface area contributed by atoms with E-state index < -0.39 is 0 Å². The third-order valence-corrected chi connectivity index (χ3v) is 5.90. The number of ether oxygens (including phenoxy) is 1. The molecule has 0 bridgehead atoms. The summed E-state index contributed by atoms with van der Waals surface area (Å²) in [7, 11) is 0. The molecule has 7 heteroatoms. The SMILES string of the molecule is CC(C)COc1ccc(C(=O)NC(=S)Nc2ccccc2-c2nc3ccccc3s2)cc1. The van der Waals surface area contributed by atoms with Crippen molar-refractivity contribution in [1.29, 1.82) is 0 Å². The Morgan fingerprint density at radius 2 is 1.75 bits per heavy atom. The third-order valence-electron chi connectivity index (χ3n) is 4.63. The van der Waals surface area contributed by atoms with E-state index >= 15 is 0 Å². The van der Waals surface area contributed by atoms with Crippen molar-refractivity contribution in [2.45, 2.75) is 13.8 Å². The van der Waals surface area contributed by atoms with Crippen LogP contribution in [0.4, 0.5) is 5.69 Å². The van der Waals surface area contributed by atoms with E-state index in [1.54, 1.807) is 35.6 Å². The molecule has 3 aromatic carbocycles. The second-order valence-electron chi connectivity index (χ2n) is 7.67. The van der Waals surface area contributed by atoms with Crippen LogP contribution in [-0.4, -0.2) is 22.6 Å². The van der Waals surface area contributed by atoms with Crippen molar-refractivity contribution < 1.29 is 9.53 Å². The molecule has 0 unspecified atom stereocenters. The number of hydrogen-bond donors (Lipinski definition) is 2. The van der Waals surface area contributed by atoms with Crippen LogP contribution < -0.4 is 15.4 Å². The molecule has 0 atom stereocenters. The molecule has 0 aliphatic rings. The van der Waals surface area contributed by atoms with Crippen LogP contribution in [0.25, 0.3) is 20.8 Å². The summed E-state index contributed by atoms with van der Waals surface area (Å²) in [4.78, 5) is 17.3. The predicted molar refractivity (Wildman–Crippen MR) is 136 cm³/mol. The molecule has 162 valence electrons. The van der Waals surface area contributed by atoms with Gasteiger partial charge in [0.2, 0.25) is 0 Å². The van der Waals surface area contributed by atoms with E-state index in [0.717, 1.165) is 32.2 Å². The van der Waals surface area contributed by atoms with Crippen molar-refractivity contribution >= 4 is 50.5 Å². The largest absolute Gasteiger partial charge is 0.493 e. The van der Waals surface area contributed by atoms with Crippen molar-refractivity contribution in [3.05, 3.63) is 78.4 Å². The zero-order chi connectivity index (χ0) is 22.5. The number of rotatable bonds is 6. The van der Waals surface area contributed by atoms with Gasteiger partial charge in [0.1, 0.15) is 10.8 Å². The van der Waals surface area contributed by atoms with E-state index in [1.165, 1.54) is 0 Å². The second kappa shape index (κ2) is 9.89. The van der Waals surface area contributed by atoms with Gasteiger partial charge < -0.3 is 10.1 Å². The van der Waals surface area contributed by atoms with Gasteiger partial charge in [0.25, 0.3) is 5.91 Å². The summed E-state index contributed by atoms with van der Waals surface area (Å²) in [5.74, 6) is 0.892. The molecule has 1 heterocycles. The topological polar surface area (TPSA) is 63.2 Å². The lowest BCUT2D eigenvalue weighted by molar-refractivity contribution is 0.0977. The molecule has 1 aromatic heterocycles. The molecule has 4 rings (SSSR count). The number of benzene rings is 3. The van der Waals surface area contributed by atoms with Crippen LogP contribution in [0.2, 0.25) is 0 Å². The highest BCUT2D eigenvalue weighted by molar-refractivity contribution is 7.80. The van der Waals surface area contributed by atoms with E-state index in [-0.39, 0.29) is 11.0 Å². The first-order valence-electron chi connectivity index (χ1n) is 10.3. The minimum atomic E-state index is -0.282. The zero-order valence-electron chi connectivity index (χ0n) is 17.8. The first kappa shape index (κ1) is 21.9. The monoisotopic (exact) mass is 461 g/mol. The van der Waals surface area contributed by atoms with Gasteiger partial charge in [-0.1, -0.05) is 38.1 Å². The Hall–Kier alpha value is -3.29. The lowest BCUT2D eigenvalue weighted by Gasteiger charge is -2.13. The first-order valence-corrected chi connectivity index (χ1v) is 11.5. The highest BCUT2D eigenvalue weighted by Crippen LogP contribution is 2.34. The normalized spacial score (nSPS) is 10.8. The Labute approximate surface area is 196 Å². The minimum Gasteiger partial charge on any atom is -0.493 e. The summed E-state index contributed by atoms with van der Waals surface area (Å²) < 4.78 is 6.78. The fourth-order valence-electron chi connectivity index (χ4n) is 3.06. The Morgan fingerprint density at radius 1 is 1.03 bits per heavy atom. The number of thiocarbonyl (C=S) groups is 1. The fourth-order valence-corrected chi connectivity index (χ4v) is 4.27. The van der Waals surface area contributed by atoms with Gasteiger partial charge >= 0.3 is 0 Å². The maximum absolute atomic E-state index is 12.6. The molecule has 0 spiro atoms. The standard InChI is InChI=1S/C25H23N3O2S2/c1-16(2)15-30-18-13-11-17(12-14-18)23(29)28-25(31)27-20-8-4-3-7-19(20)24-26-21-9-5-6-10-22(21)32-24/h3-14,16H,15H2,1-2H3,(H2,27,28,29,31). The average Bonchev–Trinajstić information content (AvgIpc) is 3.22. The zero-order valence-corrected chi connectivity index (χ0v) is 19.4. The number of fused-ring (bicyclic) bond motifs is 1. The molecule has 1 amide bonds. The van der Waals surface area contributed by atoms with Crippen molar-refractivity contribution in [3.63, 3.8) is 0 Å². The Balaban J connectivity index is 1.44. The van der Waals surface area contributed by atoms with Crippen LogP contribution in [0.1, 0.15) is 24.2 Å². The van der Waals surface area contributed by atoms with Gasteiger partial charge in [-0.25, -0.2) is 4.98 Å². The number of nitrogens with zero attached hydrogens (tertiary/aromatic N) is 1. The van der Waals surface area contributed by atoms with Crippen LogP contribution in [0.5, 0.6) is 5.75 Å². The smallest absolute Gasteiger partial charge is 0.257 e. The fraction of sp³-hybridized carbons (Fsp3) is 0.160. The number of aromatic nitrogens is 1. The van der Waals surface area contributed by atoms with Crippen molar-refractivity contribution in [2.24, 2.45) is 5.92 Å². The molecule has 32 heavy (non-hydrogen) atoms. The Morgan fingerprint density at radius 3 is 2.50 bits per heavy atom. The highest BCUT2D eigenvalue weighted by Gasteiger charge is 2.13. The number of thiazole rings is 1. The lowest BCUT2D eigenvalue weighted by Crippen LogP contribution is -2.34. The molecule has 0 aliphatic heterocycles. The predicted octanol–water partition coefficient (Wildman–Crippen LogP) is 6.12. The number of carbonyl (C=O) groups excluding carboxylic acids is 1. The van der Waals surface area contributed by atoms with Crippen LogP contribution in [0.15, 0.2) is 72.8 Å². The molecular weight excluding hydrogens is 438 g/mol. The summed E-state index contributed by atoms with van der Waals surface area (Å²) >= 11 is 7.01. The average molecular weight is 462 g/mol. The highest BCUT2D eigenvalue weighted by atomic mass is 32.1. The number of para-hydroxylation sites is 2. The van der Waals surface area contributed by atoms with Crippen molar-refractivity contribution in [3.8, 4) is 16.3 Å². The number of carbonyl (C=O) groups is 1. The number of hydrogen-bond acceptors (Lipinski definition) is 5.